The summed E-state index contributed by atoms with van der Waals surface area (Å²) >= 11 is 6.33. The SMILES string of the molecule is CCOc1ccc(-n2nc(C3CCCC3)cc2Cl)cc1. The number of hydrogen-bond donors (Lipinski definition) is 0. The molecule has 1 saturated carbocycles. The lowest BCUT2D eigenvalue weighted by molar-refractivity contribution is 0.340. The van der Waals surface area contributed by atoms with Gasteiger partial charge in [-0.15, -0.1) is 0 Å². The summed E-state index contributed by atoms with van der Waals surface area (Å²) in [5.41, 5.74) is 2.10. The molecule has 1 aromatic heterocycles. The minimum atomic E-state index is 0.580. The van der Waals surface area contributed by atoms with Crippen LogP contribution in [0.25, 0.3) is 5.69 Å². The van der Waals surface area contributed by atoms with E-state index in [9.17, 15) is 0 Å². The molecule has 0 saturated heterocycles. The topological polar surface area (TPSA) is 27.1 Å². The monoisotopic (exact) mass is 290 g/mol. The van der Waals surface area contributed by atoms with E-state index in [0.717, 1.165) is 17.1 Å². The summed E-state index contributed by atoms with van der Waals surface area (Å²) in [6.07, 6.45) is 5.07. The lowest BCUT2D eigenvalue weighted by Gasteiger charge is -2.07. The number of aromatic nitrogens is 2. The van der Waals surface area contributed by atoms with Crippen LogP contribution in [0.4, 0.5) is 0 Å². The third-order valence-electron chi connectivity index (χ3n) is 3.85. The molecule has 20 heavy (non-hydrogen) atoms. The van der Waals surface area contributed by atoms with Crippen molar-refractivity contribution in [2.24, 2.45) is 0 Å². The lowest BCUT2D eigenvalue weighted by Crippen LogP contribution is -2.00. The molecule has 1 aliphatic carbocycles. The molecule has 3 nitrogen and oxygen atoms in total. The Hall–Kier alpha value is -1.48. The number of halogens is 1. The fourth-order valence-corrected chi connectivity index (χ4v) is 3.07. The van der Waals surface area contributed by atoms with Gasteiger partial charge in [0.05, 0.1) is 18.0 Å². The van der Waals surface area contributed by atoms with Gasteiger partial charge in [-0.3, -0.25) is 0 Å². The van der Waals surface area contributed by atoms with Gasteiger partial charge in [0.25, 0.3) is 0 Å². The molecule has 0 amide bonds. The molecule has 1 heterocycles. The highest BCUT2D eigenvalue weighted by atomic mass is 35.5. The van der Waals surface area contributed by atoms with Crippen LogP contribution >= 0.6 is 11.6 Å². The van der Waals surface area contributed by atoms with E-state index in [0.29, 0.717) is 17.7 Å². The normalized spacial score (nSPS) is 15.7. The quantitative estimate of drug-likeness (QED) is 0.824. The van der Waals surface area contributed by atoms with E-state index < -0.39 is 0 Å². The maximum atomic E-state index is 6.33. The number of hydrogen-bond acceptors (Lipinski definition) is 2. The standard InChI is InChI=1S/C16H19ClN2O/c1-2-20-14-9-7-13(8-10-14)19-16(17)11-15(18-19)12-5-3-4-6-12/h7-12H,2-6H2,1H3. The van der Waals surface area contributed by atoms with Crippen molar-refractivity contribution >= 4 is 11.6 Å². The molecule has 1 fully saturated rings. The Kier molecular flexibility index (Phi) is 3.97. The first-order valence-electron chi connectivity index (χ1n) is 7.26. The molecule has 2 aromatic rings. The van der Waals surface area contributed by atoms with Crippen LogP contribution in [0.5, 0.6) is 5.75 Å². The molecule has 1 aromatic carbocycles. The van der Waals surface area contributed by atoms with Crippen LogP contribution in [0.15, 0.2) is 30.3 Å². The highest BCUT2D eigenvalue weighted by Gasteiger charge is 2.21. The second-order valence-electron chi connectivity index (χ2n) is 5.21. The Labute approximate surface area is 124 Å². The number of benzene rings is 1. The van der Waals surface area contributed by atoms with Crippen molar-refractivity contribution in [3.8, 4) is 11.4 Å². The second kappa shape index (κ2) is 5.88. The van der Waals surface area contributed by atoms with E-state index in [1.54, 1.807) is 0 Å². The molecule has 0 spiro atoms. The molecule has 0 atom stereocenters. The van der Waals surface area contributed by atoms with Crippen molar-refractivity contribution in [2.45, 2.75) is 38.5 Å². The summed E-state index contributed by atoms with van der Waals surface area (Å²) in [4.78, 5) is 0. The van der Waals surface area contributed by atoms with Crippen LogP contribution in [0.3, 0.4) is 0 Å². The minimum absolute atomic E-state index is 0.580. The molecule has 0 N–H and O–H groups in total. The van der Waals surface area contributed by atoms with Crippen molar-refractivity contribution < 1.29 is 4.74 Å². The van der Waals surface area contributed by atoms with Gasteiger partial charge in [-0.2, -0.15) is 5.10 Å². The molecule has 0 unspecified atom stereocenters. The zero-order valence-corrected chi connectivity index (χ0v) is 12.4. The Morgan fingerprint density at radius 2 is 1.95 bits per heavy atom. The first-order valence-corrected chi connectivity index (χ1v) is 7.64. The van der Waals surface area contributed by atoms with E-state index in [-0.39, 0.29) is 0 Å². The Morgan fingerprint density at radius 3 is 2.60 bits per heavy atom. The molecule has 0 radical (unpaired) electrons. The predicted octanol–water partition coefficient (Wildman–Crippen LogP) is 4.58. The van der Waals surface area contributed by atoms with Gasteiger partial charge in [0, 0.05) is 5.92 Å². The van der Waals surface area contributed by atoms with Crippen LogP contribution in [-0.4, -0.2) is 16.4 Å². The van der Waals surface area contributed by atoms with Crippen molar-refractivity contribution in [3.05, 3.63) is 41.2 Å². The second-order valence-corrected chi connectivity index (χ2v) is 5.60. The number of rotatable bonds is 4. The fourth-order valence-electron chi connectivity index (χ4n) is 2.83. The first-order chi connectivity index (χ1) is 9.78. The van der Waals surface area contributed by atoms with Crippen LogP contribution in [0.1, 0.15) is 44.2 Å². The molecule has 3 rings (SSSR count). The molecule has 106 valence electrons. The summed E-state index contributed by atoms with van der Waals surface area (Å²) < 4.78 is 7.26. The molecule has 1 aliphatic rings. The molecular weight excluding hydrogens is 272 g/mol. The number of ether oxygens (including phenoxy) is 1. The van der Waals surface area contributed by atoms with Gasteiger partial charge in [0.15, 0.2) is 0 Å². The average Bonchev–Trinajstić information content (AvgIpc) is 3.09. The predicted molar refractivity (Wildman–Crippen MR) is 81.0 cm³/mol. The van der Waals surface area contributed by atoms with Crippen molar-refractivity contribution in [2.75, 3.05) is 6.61 Å². The van der Waals surface area contributed by atoms with E-state index in [2.05, 4.69) is 5.10 Å². The van der Waals surface area contributed by atoms with E-state index >= 15 is 0 Å². The summed E-state index contributed by atoms with van der Waals surface area (Å²) in [5, 5.41) is 5.36. The third kappa shape index (κ3) is 2.68. The number of nitrogens with zero attached hydrogens (tertiary/aromatic N) is 2. The van der Waals surface area contributed by atoms with Crippen molar-refractivity contribution in [3.63, 3.8) is 0 Å². The van der Waals surface area contributed by atoms with E-state index in [4.69, 9.17) is 16.3 Å². The van der Waals surface area contributed by atoms with Crippen molar-refractivity contribution in [1.82, 2.24) is 9.78 Å². The summed E-state index contributed by atoms with van der Waals surface area (Å²) in [7, 11) is 0. The Bertz CT molecular complexity index is 571. The Balaban J connectivity index is 1.85. The largest absolute Gasteiger partial charge is 0.494 e. The highest BCUT2D eigenvalue weighted by molar-refractivity contribution is 6.29. The zero-order chi connectivity index (χ0) is 13.9. The Morgan fingerprint density at radius 1 is 1.25 bits per heavy atom. The van der Waals surface area contributed by atoms with Crippen LogP contribution < -0.4 is 4.74 Å². The molecular formula is C16H19ClN2O. The molecule has 0 bridgehead atoms. The van der Waals surface area contributed by atoms with Gasteiger partial charge < -0.3 is 4.74 Å². The zero-order valence-electron chi connectivity index (χ0n) is 11.7. The fraction of sp³-hybridized carbons (Fsp3) is 0.438. The van der Waals surface area contributed by atoms with E-state index in [1.165, 1.54) is 25.7 Å². The van der Waals surface area contributed by atoms with Gasteiger partial charge in [-0.25, -0.2) is 4.68 Å². The maximum Gasteiger partial charge on any atom is 0.133 e. The minimum Gasteiger partial charge on any atom is -0.494 e. The first kappa shape index (κ1) is 13.5. The average molecular weight is 291 g/mol. The highest BCUT2D eigenvalue weighted by Crippen LogP contribution is 2.34. The van der Waals surface area contributed by atoms with Crippen LogP contribution in [0, 0.1) is 0 Å². The third-order valence-corrected chi connectivity index (χ3v) is 4.12. The van der Waals surface area contributed by atoms with Gasteiger partial charge in [0.2, 0.25) is 0 Å². The van der Waals surface area contributed by atoms with Gasteiger partial charge in [0.1, 0.15) is 10.9 Å². The van der Waals surface area contributed by atoms with Gasteiger partial charge in [-0.05, 0) is 50.1 Å². The maximum absolute atomic E-state index is 6.33. The van der Waals surface area contributed by atoms with Crippen LogP contribution in [0.2, 0.25) is 5.15 Å². The summed E-state index contributed by atoms with van der Waals surface area (Å²) in [6, 6.07) is 9.89. The van der Waals surface area contributed by atoms with Gasteiger partial charge in [-0.1, -0.05) is 24.4 Å². The summed E-state index contributed by atoms with van der Waals surface area (Å²) in [5.74, 6) is 1.45. The molecule has 4 heteroatoms. The van der Waals surface area contributed by atoms with Crippen molar-refractivity contribution in [1.29, 1.82) is 0 Å². The lowest BCUT2D eigenvalue weighted by atomic mass is 10.1. The smallest absolute Gasteiger partial charge is 0.133 e. The van der Waals surface area contributed by atoms with Crippen LogP contribution in [-0.2, 0) is 0 Å². The van der Waals surface area contributed by atoms with Gasteiger partial charge >= 0.3 is 0 Å². The van der Waals surface area contributed by atoms with E-state index in [1.807, 2.05) is 41.9 Å². The molecule has 0 aliphatic heterocycles. The summed E-state index contributed by atoms with van der Waals surface area (Å²) in [6.45, 7) is 2.65.